The average molecular weight is 324 g/mol. The Bertz CT molecular complexity index is 714. The van der Waals surface area contributed by atoms with Crippen LogP contribution in [-0.2, 0) is 0 Å². The number of thioether (sulfide) groups is 2. The lowest BCUT2D eigenvalue weighted by Gasteiger charge is -2.20. The Morgan fingerprint density at radius 1 is 1.33 bits per heavy atom. The molecule has 110 valence electrons. The van der Waals surface area contributed by atoms with Gasteiger partial charge >= 0.3 is 0 Å². The molecule has 0 bridgehead atoms. The van der Waals surface area contributed by atoms with Gasteiger partial charge in [-0.05, 0) is 6.07 Å². The molecule has 0 spiro atoms. The topological polar surface area (TPSA) is 66.0 Å². The molecule has 0 saturated carbocycles. The minimum absolute atomic E-state index is 0.0528. The predicted octanol–water partition coefficient (Wildman–Crippen LogP) is 2.80. The summed E-state index contributed by atoms with van der Waals surface area (Å²) in [6.07, 6.45) is 0. The SMILES string of the molecule is O=c1[nH]c(C2CSCCS2)nc(O)c1-c1ccccc1F. The molecule has 2 aromatic rings. The number of benzene rings is 1. The molecule has 2 heterocycles. The van der Waals surface area contributed by atoms with Crippen LogP contribution in [-0.4, -0.2) is 32.3 Å². The Morgan fingerprint density at radius 2 is 2.14 bits per heavy atom. The highest BCUT2D eigenvalue weighted by Gasteiger charge is 2.22. The van der Waals surface area contributed by atoms with Crippen molar-refractivity contribution >= 4 is 23.5 Å². The van der Waals surface area contributed by atoms with Gasteiger partial charge in [0.1, 0.15) is 17.2 Å². The summed E-state index contributed by atoms with van der Waals surface area (Å²) in [7, 11) is 0. The van der Waals surface area contributed by atoms with Crippen molar-refractivity contribution in [2.75, 3.05) is 17.3 Å². The summed E-state index contributed by atoms with van der Waals surface area (Å²) in [5, 5.41) is 10.1. The van der Waals surface area contributed by atoms with Gasteiger partial charge in [0.05, 0.1) is 5.25 Å². The summed E-state index contributed by atoms with van der Waals surface area (Å²) in [5.41, 5.74) is -0.579. The molecular formula is C14H13FN2O2S2. The highest BCUT2D eigenvalue weighted by Crippen LogP contribution is 2.36. The second-order valence-electron chi connectivity index (χ2n) is 4.56. The van der Waals surface area contributed by atoms with Crippen molar-refractivity contribution in [3.05, 3.63) is 46.3 Å². The predicted molar refractivity (Wildman–Crippen MR) is 84.4 cm³/mol. The normalized spacial score (nSPS) is 18.6. The van der Waals surface area contributed by atoms with Crippen molar-refractivity contribution in [2.45, 2.75) is 5.25 Å². The first-order valence-electron chi connectivity index (χ1n) is 6.44. The van der Waals surface area contributed by atoms with Crippen LogP contribution in [0.25, 0.3) is 11.1 Å². The third kappa shape index (κ3) is 2.94. The summed E-state index contributed by atoms with van der Waals surface area (Å²) < 4.78 is 13.8. The fraction of sp³-hybridized carbons (Fsp3) is 0.286. The molecule has 1 fully saturated rings. The molecule has 7 heteroatoms. The zero-order chi connectivity index (χ0) is 14.8. The molecule has 0 radical (unpaired) electrons. The number of nitrogens with zero attached hydrogens (tertiary/aromatic N) is 1. The number of aromatic amines is 1. The Hall–Kier alpha value is -1.47. The minimum Gasteiger partial charge on any atom is -0.493 e. The van der Waals surface area contributed by atoms with Crippen LogP contribution >= 0.6 is 23.5 Å². The highest BCUT2D eigenvalue weighted by atomic mass is 32.2. The fourth-order valence-electron chi connectivity index (χ4n) is 2.18. The Labute approximate surface area is 129 Å². The smallest absolute Gasteiger partial charge is 0.262 e. The molecule has 1 unspecified atom stereocenters. The van der Waals surface area contributed by atoms with Crippen LogP contribution in [0.15, 0.2) is 29.1 Å². The van der Waals surface area contributed by atoms with Crippen LogP contribution in [0.2, 0.25) is 0 Å². The number of hydrogen-bond donors (Lipinski definition) is 2. The first-order chi connectivity index (χ1) is 10.2. The lowest BCUT2D eigenvalue weighted by Crippen LogP contribution is -2.18. The zero-order valence-electron chi connectivity index (χ0n) is 11.0. The molecule has 0 aliphatic carbocycles. The van der Waals surface area contributed by atoms with Crippen LogP contribution in [0.5, 0.6) is 5.88 Å². The summed E-state index contributed by atoms with van der Waals surface area (Å²) >= 11 is 3.49. The number of hydrogen-bond acceptors (Lipinski definition) is 5. The van der Waals surface area contributed by atoms with Gasteiger partial charge in [-0.2, -0.15) is 16.7 Å². The summed E-state index contributed by atoms with van der Waals surface area (Å²) in [4.78, 5) is 19.0. The van der Waals surface area contributed by atoms with Crippen molar-refractivity contribution in [2.24, 2.45) is 0 Å². The second-order valence-corrected chi connectivity index (χ2v) is 7.02. The van der Waals surface area contributed by atoms with Crippen LogP contribution in [0, 0.1) is 5.82 Å². The van der Waals surface area contributed by atoms with Crippen LogP contribution < -0.4 is 5.56 Å². The van der Waals surface area contributed by atoms with Crippen LogP contribution in [0.1, 0.15) is 11.1 Å². The van der Waals surface area contributed by atoms with Gasteiger partial charge in [-0.25, -0.2) is 4.39 Å². The van der Waals surface area contributed by atoms with E-state index in [9.17, 15) is 14.3 Å². The van der Waals surface area contributed by atoms with E-state index in [1.807, 2.05) is 0 Å². The van der Waals surface area contributed by atoms with Crippen molar-refractivity contribution in [3.8, 4) is 17.0 Å². The quantitative estimate of drug-likeness (QED) is 0.889. The molecule has 1 atom stereocenters. The lowest BCUT2D eigenvalue weighted by atomic mass is 10.1. The number of aromatic nitrogens is 2. The van der Waals surface area contributed by atoms with E-state index in [1.165, 1.54) is 18.2 Å². The standard InChI is InChI=1S/C14H13FN2O2S2/c15-9-4-2-1-3-8(9)11-13(18)16-12(17-14(11)19)10-7-20-5-6-21-10/h1-4,10H,5-7H2,(H2,16,17,18,19). The number of rotatable bonds is 2. The average Bonchev–Trinajstić information content (AvgIpc) is 2.49. The molecule has 1 aliphatic heterocycles. The number of H-pyrrole nitrogens is 1. The lowest BCUT2D eigenvalue weighted by molar-refractivity contribution is 0.449. The molecule has 21 heavy (non-hydrogen) atoms. The maximum atomic E-state index is 13.8. The third-order valence-corrected chi connectivity index (χ3v) is 5.95. The Kier molecular flexibility index (Phi) is 4.21. The van der Waals surface area contributed by atoms with E-state index in [0.717, 1.165) is 17.3 Å². The molecule has 2 N–H and O–H groups in total. The van der Waals surface area contributed by atoms with Gasteiger partial charge in [0.15, 0.2) is 0 Å². The van der Waals surface area contributed by atoms with E-state index in [0.29, 0.717) is 5.82 Å². The van der Waals surface area contributed by atoms with Crippen LogP contribution in [0.3, 0.4) is 0 Å². The largest absolute Gasteiger partial charge is 0.493 e. The molecule has 3 rings (SSSR count). The molecule has 1 aliphatic rings. The van der Waals surface area contributed by atoms with Gasteiger partial charge in [0.2, 0.25) is 5.88 Å². The maximum Gasteiger partial charge on any atom is 0.262 e. The monoisotopic (exact) mass is 324 g/mol. The summed E-state index contributed by atoms with van der Waals surface area (Å²) in [5.74, 6) is 2.37. The highest BCUT2D eigenvalue weighted by molar-refractivity contribution is 8.06. The fourth-order valence-corrected chi connectivity index (χ4v) is 4.81. The van der Waals surface area contributed by atoms with Crippen LogP contribution in [0.4, 0.5) is 4.39 Å². The van der Waals surface area contributed by atoms with E-state index in [2.05, 4.69) is 9.97 Å². The molecule has 0 amide bonds. The van der Waals surface area contributed by atoms with E-state index >= 15 is 0 Å². The number of nitrogens with one attached hydrogen (secondary N) is 1. The number of aromatic hydroxyl groups is 1. The van der Waals surface area contributed by atoms with Gasteiger partial charge in [-0.15, -0.1) is 11.8 Å². The van der Waals surface area contributed by atoms with E-state index in [1.54, 1.807) is 29.6 Å². The molecule has 1 aromatic heterocycles. The molecule has 4 nitrogen and oxygen atoms in total. The van der Waals surface area contributed by atoms with Gasteiger partial charge in [-0.1, -0.05) is 18.2 Å². The van der Waals surface area contributed by atoms with Gasteiger partial charge in [0, 0.05) is 22.8 Å². The molecule has 1 saturated heterocycles. The first kappa shape index (κ1) is 14.5. The zero-order valence-corrected chi connectivity index (χ0v) is 12.6. The first-order valence-corrected chi connectivity index (χ1v) is 8.64. The molecule has 1 aromatic carbocycles. The van der Waals surface area contributed by atoms with Crippen molar-refractivity contribution in [3.63, 3.8) is 0 Å². The van der Waals surface area contributed by atoms with Gasteiger partial charge in [0.25, 0.3) is 5.56 Å². The Balaban J connectivity index is 2.05. The second kappa shape index (κ2) is 6.11. The minimum atomic E-state index is -0.560. The summed E-state index contributed by atoms with van der Waals surface area (Å²) in [6.45, 7) is 0. The van der Waals surface area contributed by atoms with Gasteiger partial charge < -0.3 is 10.1 Å². The van der Waals surface area contributed by atoms with E-state index < -0.39 is 17.3 Å². The third-order valence-electron chi connectivity index (χ3n) is 3.18. The Morgan fingerprint density at radius 3 is 2.81 bits per heavy atom. The maximum absolute atomic E-state index is 13.8. The van der Waals surface area contributed by atoms with Crippen molar-refractivity contribution in [1.29, 1.82) is 0 Å². The van der Waals surface area contributed by atoms with Crippen molar-refractivity contribution in [1.82, 2.24) is 9.97 Å². The van der Waals surface area contributed by atoms with Crippen molar-refractivity contribution < 1.29 is 9.50 Å². The summed E-state index contributed by atoms with van der Waals surface area (Å²) in [6, 6.07) is 5.84. The molecular weight excluding hydrogens is 311 g/mol. The van der Waals surface area contributed by atoms with E-state index in [-0.39, 0.29) is 16.4 Å². The number of halogens is 1. The van der Waals surface area contributed by atoms with E-state index in [4.69, 9.17) is 0 Å². The van der Waals surface area contributed by atoms with Gasteiger partial charge in [-0.3, -0.25) is 4.79 Å².